The van der Waals surface area contributed by atoms with E-state index in [-0.39, 0.29) is 0 Å². The van der Waals surface area contributed by atoms with E-state index in [4.69, 9.17) is 9.47 Å². The molecule has 4 heteroatoms. The third-order valence-electron chi connectivity index (χ3n) is 6.17. The van der Waals surface area contributed by atoms with Gasteiger partial charge in [-0.15, -0.1) is 0 Å². The van der Waals surface area contributed by atoms with Gasteiger partial charge in [-0.3, -0.25) is 0 Å². The number of nitrogens with zero attached hydrogens (tertiary/aromatic N) is 2. The maximum Gasteiger partial charge on any atom is 0.119 e. The first kappa shape index (κ1) is 22.5. The Kier molecular flexibility index (Phi) is 8.44. The van der Waals surface area contributed by atoms with E-state index < -0.39 is 0 Å². The smallest absolute Gasteiger partial charge is 0.119 e. The van der Waals surface area contributed by atoms with Crippen LogP contribution >= 0.6 is 0 Å². The predicted molar refractivity (Wildman–Crippen MR) is 126 cm³/mol. The van der Waals surface area contributed by atoms with Crippen LogP contribution in [0.3, 0.4) is 0 Å². The van der Waals surface area contributed by atoms with Crippen LogP contribution in [0.5, 0.6) is 5.75 Å². The van der Waals surface area contributed by atoms with E-state index in [0.29, 0.717) is 6.61 Å². The summed E-state index contributed by atoms with van der Waals surface area (Å²) in [5.41, 5.74) is 4.85. The summed E-state index contributed by atoms with van der Waals surface area (Å²) in [5.74, 6) is 1.98. The molecule has 1 aromatic carbocycles. The van der Waals surface area contributed by atoms with Crippen LogP contribution in [-0.2, 0) is 11.2 Å². The molecule has 1 aromatic rings. The van der Waals surface area contributed by atoms with Crippen molar-refractivity contribution in [2.24, 2.45) is 0 Å². The number of ether oxygens (including phenoxy) is 2. The zero-order valence-electron chi connectivity index (χ0n) is 18.9. The summed E-state index contributed by atoms with van der Waals surface area (Å²) in [6.45, 7) is 18.7. The summed E-state index contributed by atoms with van der Waals surface area (Å²) in [4.78, 5) is 5.00. The highest BCUT2D eigenvalue weighted by atomic mass is 16.5. The molecule has 3 rings (SSSR count). The normalized spacial score (nSPS) is 17.3. The van der Waals surface area contributed by atoms with Gasteiger partial charge >= 0.3 is 0 Å². The van der Waals surface area contributed by atoms with Crippen LogP contribution in [0, 0.1) is 0 Å². The quantitative estimate of drug-likeness (QED) is 0.279. The summed E-state index contributed by atoms with van der Waals surface area (Å²) in [6.07, 6.45) is 8.02. The van der Waals surface area contributed by atoms with Gasteiger partial charge in [0.1, 0.15) is 12.4 Å². The molecule has 0 unspecified atom stereocenters. The van der Waals surface area contributed by atoms with Crippen molar-refractivity contribution in [2.45, 2.75) is 46.0 Å². The lowest BCUT2D eigenvalue weighted by molar-refractivity contribution is 0.205. The molecule has 164 valence electrons. The van der Waals surface area contributed by atoms with Gasteiger partial charge < -0.3 is 19.3 Å². The first-order chi connectivity index (χ1) is 14.6. The van der Waals surface area contributed by atoms with Gasteiger partial charge in [-0.1, -0.05) is 25.7 Å². The Morgan fingerprint density at radius 2 is 1.93 bits per heavy atom. The molecular formula is C26H38N2O2. The highest BCUT2D eigenvalue weighted by Crippen LogP contribution is 2.32. The van der Waals surface area contributed by atoms with E-state index in [2.05, 4.69) is 48.1 Å². The Hall–Kier alpha value is -2.20. The molecule has 0 aromatic heterocycles. The van der Waals surface area contributed by atoms with Crippen LogP contribution in [-0.4, -0.2) is 50.8 Å². The first-order valence-corrected chi connectivity index (χ1v) is 11.4. The second-order valence-corrected chi connectivity index (χ2v) is 8.55. The van der Waals surface area contributed by atoms with Crippen LogP contribution in [0.25, 0.3) is 0 Å². The van der Waals surface area contributed by atoms with E-state index in [9.17, 15) is 0 Å². The second-order valence-electron chi connectivity index (χ2n) is 8.55. The van der Waals surface area contributed by atoms with E-state index in [1.165, 1.54) is 49.2 Å². The lowest BCUT2D eigenvalue weighted by atomic mass is 10.1. The van der Waals surface area contributed by atoms with Gasteiger partial charge in [-0.25, -0.2) is 0 Å². The highest BCUT2D eigenvalue weighted by molar-refractivity contribution is 5.61. The fraction of sp³-hybridized carbons (Fsp3) is 0.538. The molecule has 2 heterocycles. The molecule has 0 radical (unpaired) electrons. The van der Waals surface area contributed by atoms with Gasteiger partial charge in [0.05, 0.1) is 12.4 Å². The SMILES string of the molecule is C=CC(=C)CO/C(C)=C(/C)CN1CCc2cc(OCCCN3CCCCC3)ccc21. The van der Waals surface area contributed by atoms with E-state index in [0.717, 1.165) is 56.2 Å². The molecule has 1 fully saturated rings. The van der Waals surface area contributed by atoms with Crippen LogP contribution in [0.15, 0.2) is 54.3 Å². The van der Waals surface area contributed by atoms with Crippen LogP contribution in [0.4, 0.5) is 5.69 Å². The largest absolute Gasteiger partial charge is 0.494 e. The van der Waals surface area contributed by atoms with Crippen LogP contribution in [0.1, 0.15) is 45.1 Å². The lowest BCUT2D eigenvalue weighted by Gasteiger charge is -2.26. The van der Waals surface area contributed by atoms with Crippen molar-refractivity contribution in [3.05, 3.63) is 59.9 Å². The Balaban J connectivity index is 1.47. The number of fused-ring (bicyclic) bond motifs is 1. The number of anilines is 1. The summed E-state index contributed by atoms with van der Waals surface area (Å²) < 4.78 is 11.9. The minimum absolute atomic E-state index is 0.502. The maximum atomic E-state index is 6.05. The molecule has 0 amide bonds. The fourth-order valence-corrected chi connectivity index (χ4v) is 4.14. The van der Waals surface area contributed by atoms with Crippen molar-refractivity contribution in [2.75, 3.05) is 50.8 Å². The van der Waals surface area contributed by atoms with E-state index in [1.807, 2.05) is 6.92 Å². The topological polar surface area (TPSA) is 24.9 Å². The number of allylic oxidation sites excluding steroid dienone is 1. The average molecular weight is 411 g/mol. The number of piperidine rings is 1. The standard InChI is InChI=1S/C26H38N2O2/c1-5-21(2)20-30-23(4)22(3)19-28-16-12-24-18-25(10-11-26(24)28)29-17-9-15-27-13-7-6-8-14-27/h5,10-11,18H,1-2,6-9,12-17,19-20H2,3-4H3/b23-22-. The summed E-state index contributed by atoms with van der Waals surface area (Å²) in [7, 11) is 0. The third-order valence-corrected chi connectivity index (χ3v) is 6.17. The number of rotatable bonds is 11. The first-order valence-electron chi connectivity index (χ1n) is 11.4. The Labute approximate surface area is 182 Å². The summed E-state index contributed by atoms with van der Waals surface area (Å²) >= 11 is 0. The fourth-order valence-electron chi connectivity index (χ4n) is 4.14. The van der Waals surface area contributed by atoms with Crippen LogP contribution < -0.4 is 9.64 Å². The molecule has 4 nitrogen and oxygen atoms in total. The highest BCUT2D eigenvalue weighted by Gasteiger charge is 2.20. The molecule has 30 heavy (non-hydrogen) atoms. The summed E-state index contributed by atoms with van der Waals surface area (Å²) in [6, 6.07) is 6.56. The molecule has 0 saturated carbocycles. The molecule has 0 aliphatic carbocycles. The Morgan fingerprint density at radius 1 is 1.13 bits per heavy atom. The van der Waals surface area contributed by atoms with Crippen molar-refractivity contribution < 1.29 is 9.47 Å². The van der Waals surface area contributed by atoms with E-state index in [1.54, 1.807) is 6.08 Å². The van der Waals surface area contributed by atoms with Gasteiger partial charge in [-0.2, -0.15) is 0 Å². The van der Waals surface area contributed by atoms with Gasteiger partial charge in [0.15, 0.2) is 0 Å². The minimum Gasteiger partial charge on any atom is -0.494 e. The van der Waals surface area contributed by atoms with Crippen molar-refractivity contribution >= 4 is 5.69 Å². The van der Waals surface area contributed by atoms with Gasteiger partial charge in [0.2, 0.25) is 0 Å². The molecule has 2 aliphatic rings. The van der Waals surface area contributed by atoms with Crippen LogP contribution in [0.2, 0.25) is 0 Å². The zero-order valence-corrected chi connectivity index (χ0v) is 18.9. The average Bonchev–Trinajstić information content (AvgIpc) is 3.17. The number of hydrogen-bond donors (Lipinski definition) is 0. The molecule has 0 bridgehead atoms. The van der Waals surface area contributed by atoms with Crippen molar-refractivity contribution in [1.29, 1.82) is 0 Å². The van der Waals surface area contributed by atoms with Gasteiger partial charge in [-0.05, 0) is 87.5 Å². The molecule has 0 N–H and O–H groups in total. The minimum atomic E-state index is 0.502. The zero-order chi connectivity index (χ0) is 21.3. The Bertz CT molecular complexity index is 762. The monoisotopic (exact) mass is 410 g/mol. The molecule has 0 atom stereocenters. The number of benzene rings is 1. The second kappa shape index (κ2) is 11.3. The van der Waals surface area contributed by atoms with Crippen molar-refractivity contribution in [3.63, 3.8) is 0 Å². The maximum absolute atomic E-state index is 6.05. The molecular weight excluding hydrogens is 372 g/mol. The lowest BCUT2D eigenvalue weighted by Crippen LogP contribution is -2.31. The van der Waals surface area contributed by atoms with Crippen molar-refractivity contribution in [1.82, 2.24) is 4.90 Å². The Morgan fingerprint density at radius 3 is 2.70 bits per heavy atom. The molecule has 2 aliphatic heterocycles. The van der Waals surface area contributed by atoms with Gasteiger partial charge in [0.25, 0.3) is 0 Å². The molecule has 1 saturated heterocycles. The number of likely N-dealkylation sites (tertiary alicyclic amines) is 1. The van der Waals surface area contributed by atoms with Crippen molar-refractivity contribution in [3.8, 4) is 5.75 Å². The number of hydrogen-bond acceptors (Lipinski definition) is 4. The van der Waals surface area contributed by atoms with Gasteiger partial charge in [0, 0.05) is 25.3 Å². The summed E-state index contributed by atoms with van der Waals surface area (Å²) in [5, 5.41) is 0. The predicted octanol–water partition coefficient (Wildman–Crippen LogP) is 5.36. The third kappa shape index (κ3) is 6.40. The van der Waals surface area contributed by atoms with E-state index >= 15 is 0 Å². The molecule has 0 spiro atoms.